The van der Waals surface area contributed by atoms with Crippen molar-refractivity contribution in [3.63, 3.8) is 0 Å². The van der Waals surface area contributed by atoms with Crippen molar-refractivity contribution in [2.75, 3.05) is 6.61 Å². The van der Waals surface area contributed by atoms with Crippen LogP contribution in [0.4, 0.5) is 0 Å². The van der Waals surface area contributed by atoms with Crippen LogP contribution in [0.15, 0.2) is 0 Å². The van der Waals surface area contributed by atoms with Gasteiger partial charge in [0.05, 0.1) is 6.61 Å². The van der Waals surface area contributed by atoms with Crippen LogP contribution in [-0.4, -0.2) is 23.3 Å². The predicted molar refractivity (Wildman–Crippen MR) is 91.1 cm³/mol. The second-order valence-corrected chi connectivity index (χ2v) is 12.6. The molecule has 0 fully saturated rings. The molecule has 0 bridgehead atoms. The molecule has 128 valence electrons. The second-order valence-electron chi connectivity index (χ2n) is 6.61. The van der Waals surface area contributed by atoms with Crippen molar-refractivity contribution < 1.29 is 16.5 Å². The van der Waals surface area contributed by atoms with Gasteiger partial charge < -0.3 is 0 Å². The van der Waals surface area contributed by atoms with Gasteiger partial charge in [-0.05, 0) is 26.1 Å². The third kappa shape index (κ3) is 16.3. The summed E-state index contributed by atoms with van der Waals surface area (Å²) in [6.45, 7) is 7.96. The van der Waals surface area contributed by atoms with Crippen molar-refractivity contribution in [3.8, 4) is 0 Å². The van der Waals surface area contributed by atoms with Crippen molar-refractivity contribution in [3.05, 3.63) is 0 Å². The molecular weight excluding hydrogens is 304 g/mol. The topological polar surface area (TPSA) is 52.6 Å². The van der Waals surface area contributed by atoms with Crippen molar-refractivity contribution >= 4 is 18.7 Å². The Morgan fingerprint density at radius 3 is 1.62 bits per heavy atom. The Morgan fingerprint density at radius 1 is 0.762 bits per heavy atom. The van der Waals surface area contributed by atoms with Gasteiger partial charge in [0.25, 0.3) is 0 Å². The Hall–Kier alpha value is 0.0869. The van der Waals surface area contributed by atoms with Gasteiger partial charge in [-0.2, -0.15) is 8.42 Å². The lowest BCUT2D eigenvalue weighted by molar-refractivity contribution is 0.264. The van der Waals surface area contributed by atoms with Gasteiger partial charge in [-0.3, -0.25) is 3.87 Å². The van der Waals surface area contributed by atoms with Crippen LogP contribution >= 0.6 is 0 Å². The minimum atomic E-state index is -3.79. The highest BCUT2D eigenvalue weighted by Gasteiger charge is 2.24. The summed E-state index contributed by atoms with van der Waals surface area (Å²) in [5.41, 5.74) is 0. The summed E-state index contributed by atoms with van der Waals surface area (Å²) in [6.07, 6.45) is 12.2. The first-order valence-electron chi connectivity index (χ1n) is 8.37. The van der Waals surface area contributed by atoms with E-state index in [4.69, 9.17) is 8.06 Å². The van der Waals surface area contributed by atoms with Crippen molar-refractivity contribution in [1.29, 1.82) is 0 Å². The van der Waals surface area contributed by atoms with Crippen LogP contribution in [0.5, 0.6) is 0 Å². The minimum Gasteiger partial charge on any atom is -0.294 e. The molecule has 0 aliphatic heterocycles. The lowest BCUT2D eigenvalue weighted by Gasteiger charge is -2.15. The molecule has 0 aromatic carbocycles. The molecule has 0 atom stereocenters. The molecule has 0 unspecified atom stereocenters. The smallest absolute Gasteiger partial charge is 0.294 e. The van der Waals surface area contributed by atoms with Crippen molar-refractivity contribution in [2.45, 2.75) is 90.8 Å². The van der Waals surface area contributed by atoms with Gasteiger partial charge in [-0.1, -0.05) is 64.7 Å². The molecule has 0 saturated heterocycles. The fourth-order valence-corrected chi connectivity index (χ4v) is 5.04. The fraction of sp³-hybridized carbons (Fsp3) is 1.00. The molecule has 0 aliphatic rings. The molecular formula is C15H34O4SSi. The maximum absolute atomic E-state index is 11.5. The normalized spacial score (nSPS) is 12.8. The SMILES string of the molecule is CCCCCCCCCCCCOS(=O)(=O)O[Si](C)(C)C. The zero-order chi connectivity index (χ0) is 16.2. The summed E-state index contributed by atoms with van der Waals surface area (Å²) in [5.74, 6) is 0. The van der Waals surface area contributed by atoms with Crippen LogP contribution < -0.4 is 0 Å². The summed E-state index contributed by atoms with van der Waals surface area (Å²) in [5, 5.41) is 0. The van der Waals surface area contributed by atoms with Crippen LogP contribution in [-0.2, 0) is 18.5 Å². The predicted octanol–water partition coefficient (Wildman–Crippen LogP) is 5.02. The number of hydrogen-bond donors (Lipinski definition) is 0. The lowest BCUT2D eigenvalue weighted by Crippen LogP contribution is -2.30. The Kier molecular flexibility index (Phi) is 11.7. The molecule has 0 heterocycles. The molecule has 0 saturated carbocycles. The van der Waals surface area contributed by atoms with E-state index in [0.29, 0.717) is 0 Å². The second kappa shape index (κ2) is 11.6. The van der Waals surface area contributed by atoms with E-state index < -0.39 is 18.7 Å². The summed E-state index contributed by atoms with van der Waals surface area (Å²) < 4.78 is 32.9. The van der Waals surface area contributed by atoms with Gasteiger partial charge in [0.15, 0.2) is 0 Å². The van der Waals surface area contributed by atoms with E-state index in [-0.39, 0.29) is 6.61 Å². The molecule has 0 N–H and O–H groups in total. The van der Waals surface area contributed by atoms with Gasteiger partial charge in [0, 0.05) is 0 Å². The monoisotopic (exact) mass is 338 g/mol. The summed E-state index contributed by atoms with van der Waals surface area (Å²) in [7, 11) is -5.89. The average Bonchev–Trinajstić information content (AvgIpc) is 2.33. The molecule has 0 aliphatic carbocycles. The van der Waals surface area contributed by atoms with E-state index in [9.17, 15) is 8.42 Å². The van der Waals surface area contributed by atoms with E-state index in [1.54, 1.807) is 0 Å². The first-order chi connectivity index (χ1) is 9.77. The summed E-state index contributed by atoms with van der Waals surface area (Å²) in [4.78, 5) is 0. The van der Waals surface area contributed by atoms with Crippen LogP contribution in [0.1, 0.15) is 71.1 Å². The van der Waals surface area contributed by atoms with Gasteiger partial charge in [0.1, 0.15) is 0 Å². The van der Waals surface area contributed by atoms with E-state index >= 15 is 0 Å². The zero-order valence-corrected chi connectivity index (χ0v) is 16.1. The Bertz CT molecular complexity index is 336. The standard InChI is InChI=1S/C15H34O4SSi/c1-5-6-7-8-9-10-11-12-13-14-15-18-20(16,17)19-21(2,3)4/h5-15H2,1-4H3. The van der Waals surface area contributed by atoms with Crippen LogP contribution in [0.25, 0.3) is 0 Å². The molecule has 0 amide bonds. The molecule has 0 aromatic heterocycles. The van der Waals surface area contributed by atoms with Gasteiger partial charge in [-0.25, -0.2) is 4.18 Å². The van der Waals surface area contributed by atoms with E-state index in [2.05, 4.69) is 6.92 Å². The average molecular weight is 339 g/mol. The van der Waals surface area contributed by atoms with Gasteiger partial charge in [0.2, 0.25) is 8.32 Å². The highest BCUT2D eigenvalue weighted by Crippen LogP contribution is 2.12. The van der Waals surface area contributed by atoms with E-state index in [1.807, 2.05) is 19.6 Å². The van der Waals surface area contributed by atoms with Crippen molar-refractivity contribution in [2.24, 2.45) is 0 Å². The molecule has 6 heteroatoms. The summed E-state index contributed by atoms with van der Waals surface area (Å²) in [6, 6.07) is 0. The Morgan fingerprint density at radius 2 is 1.19 bits per heavy atom. The van der Waals surface area contributed by atoms with Gasteiger partial charge in [-0.15, -0.1) is 0 Å². The molecule has 0 rings (SSSR count). The van der Waals surface area contributed by atoms with Crippen LogP contribution in [0.2, 0.25) is 19.6 Å². The highest BCUT2D eigenvalue weighted by molar-refractivity contribution is 7.83. The maximum Gasteiger partial charge on any atom is 0.390 e. The third-order valence-electron chi connectivity index (χ3n) is 3.08. The van der Waals surface area contributed by atoms with E-state index in [0.717, 1.165) is 19.3 Å². The van der Waals surface area contributed by atoms with Crippen LogP contribution in [0.3, 0.4) is 0 Å². The quantitative estimate of drug-likeness (QED) is 0.329. The molecule has 0 spiro atoms. The molecule has 0 radical (unpaired) electrons. The highest BCUT2D eigenvalue weighted by atomic mass is 32.3. The van der Waals surface area contributed by atoms with Crippen LogP contribution in [0, 0.1) is 0 Å². The first-order valence-corrected chi connectivity index (χ1v) is 13.1. The Balaban J connectivity index is 3.40. The number of hydrogen-bond acceptors (Lipinski definition) is 4. The summed E-state index contributed by atoms with van der Waals surface area (Å²) >= 11 is 0. The number of rotatable bonds is 14. The maximum atomic E-state index is 11.5. The Labute approximate surface area is 133 Å². The largest absolute Gasteiger partial charge is 0.390 e. The van der Waals surface area contributed by atoms with E-state index in [1.165, 1.54) is 44.9 Å². The lowest BCUT2D eigenvalue weighted by atomic mass is 10.1. The number of unbranched alkanes of at least 4 members (excludes halogenated alkanes) is 9. The first kappa shape index (κ1) is 21.1. The minimum absolute atomic E-state index is 0.239. The molecule has 21 heavy (non-hydrogen) atoms. The third-order valence-corrected chi connectivity index (χ3v) is 6.35. The molecule has 0 aromatic rings. The van der Waals surface area contributed by atoms with Gasteiger partial charge >= 0.3 is 10.4 Å². The zero-order valence-electron chi connectivity index (χ0n) is 14.3. The fourth-order valence-electron chi connectivity index (χ4n) is 2.08. The molecule has 4 nitrogen and oxygen atoms in total. The van der Waals surface area contributed by atoms with Crippen molar-refractivity contribution in [1.82, 2.24) is 0 Å².